The average Bonchev–Trinajstić information content (AvgIpc) is 2.86. The van der Waals surface area contributed by atoms with Crippen molar-refractivity contribution in [2.24, 2.45) is 5.92 Å². The van der Waals surface area contributed by atoms with E-state index in [1.165, 1.54) is 0 Å². The quantitative estimate of drug-likeness (QED) is 0.729. The first-order chi connectivity index (χ1) is 9.22. The van der Waals surface area contributed by atoms with Gasteiger partial charge in [-0.3, -0.25) is 4.79 Å². The zero-order valence-electron chi connectivity index (χ0n) is 11.1. The highest BCUT2D eigenvalue weighted by molar-refractivity contribution is 5.79. The topological polar surface area (TPSA) is 70.6 Å². The summed E-state index contributed by atoms with van der Waals surface area (Å²) in [6, 6.07) is 7.08. The van der Waals surface area contributed by atoms with Crippen molar-refractivity contribution in [3.05, 3.63) is 29.8 Å². The van der Waals surface area contributed by atoms with Crippen molar-refractivity contribution in [1.29, 1.82) is 0 Å². The van der Waals surface area contributed by atoms with Gasteiger partial charge in [0.05, 0.1) is 19.1 Å². The molecule has 1 aliphatic heterocycles. The summed E-state index contributed by atoms with van der Waals surface area (Å²) in [5.74, 6) is 0.00575. The molecule has 0 saturated carbocycles. The molecule has 1 aromatic rings. The molecule has 1 amide bonds. The Labute approximate surface area is 113 Å². The number of ether oxygens (including phenoxy) is 1. The van der Waals surface area contributed by atoms with Crippen LogP contribution in [0.3, 0.4) is 0 Å². The second kappa shape index (κ2) is 6.54. The van der Waals surface area contributed by atoms with Gasteiger partial charge in [-0.05, 0) is 12.6 Å². The summed E-state index contributed by atoms with van der Waals surface area (Å²) in [7, 11) is 0. The van der Waals surface area contributed by atoms with Gasteiger partial charge in [-0.1, -0.05) is 25.1 Å². The average molecular weight is 264 g/mol. The lowest BCUT2D eigenvalue weighted by Gasteiger charge is -2.18. The summed E-state index contributed by atoms with van der Waals surface area (Å²) < 4.78 is 5.35. The van der Waals surface area contributed by atoms with Crippen LogP contribution in [-0.2, 0) is 16.1 Å². The Bertz CT molecular complexity index is 436. The Kier molecular flexibility index (Phi) is 4.76. The molecule has 1 aromatic carbocycles. The van der Waals surface area contributed by atoms with E-state index < -0.39 is 0 Å². The molecular weight excluding hydrogens is 244 g/mol. The summed E-state index contributed by atoms with van der Waals surface area (Å²) in [4.78, 5) is 12.1. The van der Waals surface area contributed by atoms with Crippen LogP contribution in [0, 0.1) is 5.92 Å². The Balaban J connectivity index is 1.89. The minimum absolute atomic E-state index is 0.0355. The van der Waals surface area contributed by atoms with Crippen molar-refractivity contribution in [1.82, 2.24) is 10.6 Å². The number of phenols is 1. The van der Waals surface area contributed by atoms with Crippen molar-refractivity contribution in [3.63, 3.8) is 0 Å². The van der Waals surface area contributed by atoms with Crippen LogP contribution in [0.5, 0.6) is 5.75 Å². The van der Waals surface area contributed by atoms with Crippen molar-refractivity contribution in [2.75, 3.05) is 19.8 Å². The van der Waals surface area contributed by atoms with Crippen LogP contribution in [0.1, 0.15) is 12.5 Å². The van der Waals surface area contributed by atoms with Gasteiger partial charge < -0.3 is 20.5 Å². The fourth-order valence-electron chi connectivity index (χ4n) is 2.25. The molecule has 19 heavy (non-hydrogen) atoms. The molecule has 1 fully saturated rings. The van der Waals surface area contributed by atoms with Gasteiger partial charge in [-0.25, -0.2) is 0 Å². The van der Waals surface area contributed by atoms with Gasteiger partial charge in [-0.15, -0.1) is 0 Å². The number of rotatable bonds is 5. The Hall–Kier alpha value is -1.59. The second-order valence-electron chi connectivity index (χ2n) is 4.65. The molecule has 1 saturated heterocycles. The zero-order valence-corrected chi connectivity index (χ0v) is 11.1. The molecule has 0 bridgehead atoms. The SMILES string of the molecule is CCNC1COCC1C(=O)NCc1ccccc1O. The lowest BCUT2D eigenvalue weighted by molar-refractivity contribution is -0.125. The van der Waals surface area contributed by atoms with Crippen molar-refractivity contribution in [3.8, 4) is 5.75 Å². The predicted molar refractivity (Wildman–Crippen MR) is 71.7 cm³/mol. The van der Waals surface area contributed by atoms with Crippen LogP contribution in [0.25, 0.3) is 0 Å². The number of carbonyl (C=O) groups is 1. The van der Waals surface area contributed by atoms with Gasteiger partial charge in [0, 0.05) is 18.2 Å². The maximum Gasteiger partial charge on any atom is 0.227 e. The van der Waals surface area contributed by atoms with Crippen molar-refractivity contribution in [2.45, 2.75) is 19.5 Å². The molecule has 3 N–H and O–H groups in total. The van der Waals surface area contributed by atoms with E-state index in [1.807, 2.05) is 13.0 Å². The number of amides is 1. The van der Waals surface area contributed by atoms with Crippen LogP contribution in [0.2, 0.25) is 0 Å². The van der Waals surface area contributed by atoms with Gasteiger partial charge in [0.1, 0.15) is 5.75 Å². The standard InChI is InChI=1S/C14H20N2O3/c1-2-15-12-9-19-8-11(12)14(18)16-7-10-5-3-4-6-13(10)17/h3-6,11-12,15,17H,2,7-9H2,1H3,(H,16,18). The van der Waals surface area contributed by atoms with E-state index in [0.29, 0.717) is 19.8 Å². The van der Waals surface area contributed by atoms with Gasteiger partial charge in [0.2, 0.25) is 5.91 Å². The molecule has 0 spiro atoms. The van der Waals surface area contributed by atoms with Crippen LogP contribution in [0.15, 0.2) is 24.3 Å². The molecule has 0 aromatic heterocycles. The fourth-order valence-corrected chi connectivity index (χ4v) is 2.25. The van der Waals surface area contributed by atoms with E-state index >= 15 is 0 Å². The number of hydrogen-bond acceptors (Lipinski definition) is 4. The first-order valence-electron chi connectivity index (χ1n) is 6.58. The molecule has 2 atom stereocenters. The Morgan fingerprint density at radius 2 is 2.21 bits per heavy atom. The number of phenolic OH excluding ortho intramolecular Hbond substituents is 1. The van der Waals surface area contributed by atoms with E-state index in [2.05, 4.69) is 10.6 Å². The molecule has 2 rings (SSSR count). The van der Waals surface area contributed by atoms with Crippen molar-refractivity contribution >= 4 is 5.91 Å². The molecular formula is C14H20N2O3. The van der Waals surface area contributed by atoms with Crippen LogP contribution in [-0.4, -0.2) is 36.8 Å². The van der Waals surface area contributed by atoms with Gasteiger partial charge >= 0.3 is 0 Å². The molecule has 0 aliphatic carbocycles. The zero-order chi connectivity index (χ0) is 13.7. The van der Waals surface area contributed by atoms with Gasteiger partial charge in [-0.2, -0.15) is 0 Å². The van der Waals surface area contributed by atoms with Crippen LogP contribution in [0.4, 0.5) is 0 Å². The van der Waals surface area contributed by atoms with E-state index in [1.54, 1.807) is 18.2 Å². The smallest absolute Gasteiger partial charge is 0.227 e. The van der Waals surface area contributed by atoms with E-state index in [4.69, 9.17) is 4.74 Å². The normalized spacial score (nSPS) is 22.4. The third kappa shape index (κ3) is 3.45. The number of para-hydroxylation sites is 1. The summed E-state index contributed by atoms with van der Waals surface area (Å²) in [6.07, 6.45) is 0. The summed E-state index contributed by atoms with van der Waals surface area (Å²) in [5, 5.41) is 15.7. The maximum atomic E-state index is 12.1. The third-order valence-corrected chi connectivity index (χ3v) is 3.33. The monoisotopic (exact) mass is 264 g/mol. The minimum Gasteiger partial charge on any atom is -0.508 e. The lowest BCUT2D eigenvalue weighted by Crippen LogP contribution is -2.43. The Morgan fingerprint density at radius 1 is 1.42 bits per heavy atom. The second-order valence-corrected chi connectivity index (χ2v) is 4.65. The maximum absolute atomic E-state index is 12.1. The molecule has 1 aliphatic rings. The van der Waals surface area contributed by atoms with Crippen LogP contribution >= 0.6 is 0 Å². The first-order valence-corrected chi connectivity index (χ1v) is 6.58. The summed E-state index contributed by atoms with van der Waals surface area (Å²) in [6.45, 7) is 4.18. The summed E-state index contributed by atoms with van der Waals surface area (Å²) >= 11 is 0. The molecule has 5 nitrogen and oxygen atoms in total. The third-order valence-electron chi connectivity index (χ3n) is 3.33. The number of benzene rings is 1. The van der Waals surface area contributed by atoms with E-state index in [9.17, 15) is 9.90 Å². The minimum atomic E-state index is -0.161. The van der Waals surface area contributed by atoms with Gasteiger partial charge in [0.15, 0.2) is 0 Å². The predicted octanol–water partition coefficient (Wildman–Crippen LogP) is 0.633. The van der Waals surface area contributed by atoms with E-state index in [0.717, 1.165) is 12.1 Å². The molecule has 0 radical (unpaired) electrons. The molecule has 5 heteroatoms. The van der Waals surface area contributed by atoms with Gasteiger partial charge in [0.25, 0.3) is 0 Å². The number of carbonyl (C=O) groups excluding carboxylic acids is 1. The first kappa shape index (κ1) is 13.8. The Morgan fingerprint density at radius 3 is 2.95 bits per heavy atom. The molecule has 104 valence electrons. The number of likely N-dealkylation sites (N-methyl/N-ethyl adjacent to an activating group) is 1. The highest BCUT2D eigenvalue weighted by Crippen LogP contribution is 2.17. The largest absolute Gasteiger partial charge is 0.508 e. The molecule has 2 unspecified atom stereocenters. The highest BCUT2D eigenvalue weighted by atomic mass is 16.5. The number of hydrogen-bond donors (Lipinski definition) is 3. The van der Waals surface area contributed by atoms with Crippen LogP contribution < -0.4 is 10.6 Å². The highest BCUT2D eigenvalue weighted by Gasteiger charge is 2.33. The number of nitrogens with one attached hydrogen (secondary N) is 2. The van der Waals surface area contributed by atoms with E-state index in [-0.39, 0.29) is 23.6 Å². The lowest BCUT2D eigenvalue weighted by atomic mass is 10.0. The fraction of sp³-hybridized carbons (Fsp3) is 0.500. The van der Waals surface area contributed by atoms with Crippen molar-refractivity contribution < 1.29 is 14.6 Å². The number of aromatic hydroxyl groups is 1. The molecule has 1 heterocycles. The summed E-state index contributed by atoms with van der Waals surface area (Å²) in [5.41, 5.74) is 0.717.